The van der Waals surface area contributed by atoms with E-state index in [4.69, 9.17) is 4.74 Å². The van der Waals surface area contributed by atoms with Gasteiger partial charge in [0.2, 0.25) is 5.91 Å². The highest BCUT2D eigenvalue weighted by atomic mass is 32.1. The van der Waals surface area contributed by atoms with E-state index in [9.17, 15) is 4.79 Å². The Kier molecular flexibility index (Phi) is 6.10. The zero-order valence-electron chi connectivity index (χ0n) is 15.0. The van der Waals surface area contributed by atoms with E-state index >= 15 is 0 Å². The van der Waals surface area contributed by atoms with Crippen molar-refractivity contribution in [3.63, 3.8) is 0 Å². The molecule has 1 aromatic carbocycles. The summed E-state index contributed by atoms with van der Waals surface area (Å²) in [4.78, 5) is 17.3. The van der Waals surface area contributed by atoms with Crippen LogP contribution >= 0.6 is 11.3 Å². The minimum absolute atomic E-state index is 0.192. The summed E-state index contributed by atoms with van der Waals surface area (Å²) in [5.74, 6) is 0.982. The normalized spacial score (nSPS) is 15.4. The number of amides is 1. The summed E-state index contributed by atoms with van der Waals surface area (Å²) in [5, 5.41) is 3.63. The molecule has 2 heterocycles. The van der Waals surface area contributed by atoms with Crippen molar-refractivity contribution >= 4 is 17.2 Å². The van der Waals surface area contributed by atoms with Gasteiger partial charge in [0.05, 0.1) is 13.5 Å². The Bertz CT molecular complexity index is 705. The molecule has 0 bridgehead atoms. The number of benzene rings is 1. The average Bonchev–Trinajstić information content (AvgIpc) is 3.06. The number of hydrogen-bond donors (Lipinski definition) is 1. The fraction of sp³-hybridized carbons (Fsp3) is 0.450. The van der Waals surface area contributed by atoms with Crippen molar-refractivity contribution in [1.29, 1.82) is 0 Å². The van der Waals surface area contributed by atoms with Crippen LogP contribution in [0.4, 0.5) is 0 Å². The van der Waals surface area contributed by atoms with E-state index in [1.165, 1.54) is 9.75 Å². The molecule has 0 aliphatic carbocycles. The maximum atomic E-state index is 12.6. The molecule has 1 aromatic heterocycles. The minimum Gasteiger partial charge on any atom is -0.496 e. The first-order chi connectivity index (χ1) is 12.2. The summed E-state index contributed by atoms with van der Waals surface area (Å²) >= 11 is 1.85. The molecule has 1 aliphatic rings. The molecule has 3 rings (SSSR count). The summed E-state index contributed by atoms with van der Waals surface area (Å²) in [7, 11) is 1.65. The monoisotopic (exact) mass is 358 g/mol. The highest BCUT2D eigenvalue weighted by Crippen LogP contribution is 2.20. The second kappa shape index (κ2) is 8.50. The Morgan fingerprint density at radius 2 is 2.00 bits per heavy atom. The first-order valence-corrected chi connectivity index (χ1v) is 9.65. The molecule has 0 radical (unpaired) electrons. The van der Waals surface area contributed by atoms with Crippen LogP contribution in [0.2, 0.25) is 0 Å². The maximum Gasteiger partial charge on any atom is 0.227 e. The Morgan fingerprint density at radius 3 is 2.68 bits per heavy atom. The standard InChI is InChI=1S/C20H26N2O2S/c1-15-7-8-18(25-15)14-21-17-9-11-22(12-10-17)20(23)13-16-5-3-4-6-19(16)24-2/h3-8,17,21H,9-14H2,1-2H3. The second-order valence-electron chi connectivity index (χ2n) is 6.54. The number of aryl methyl sites for hydroxylation is 1. The minimum atomic E-state index is 0.192. The van der Waals surface area contributed by atoms with E-state index in [0.29, 0.717) is 12.5 Å². The molecule has 25 heavy (non-hydrogen) atoms. The van der Waals surface area contributed by atoms with Crippen molar-refractivity contribution in [1.82, 2.24) is 10.2 Å². The summed E-state index contributed by atoms with van der Waals surface area (Å²) in [5.41, 5.74) is 0.961. The summed E-state index contributed by atoms with van der Waals surface area (Å²) in [6, 6.07) is 12.6. The largest absolute Gasteiger partial charge is 0.496 e. The van der Waals surface area contributed by atoms with Crippen molar-refractivity contribution in [2.75, 3.05) is 20.2 Å². The summed E-state index contributed by atoms with van der Waals surface area (Å²) < 4.78 is 5.35. The number of nitrogens with one attached hydrogen (secondary N) is 1. The van der Waals surface area contributed by atoms with Crippen molar-refractivity contribution in [2.45, 2.75) is 38.8 Å². The Balaban J connectivity index is 1.46. The third kappa shape index (κ3) is 4.83. The van der Waals surface area contributed by atoms with Crippen LogP contribution in [0, 0.1) is 6.92 Å². The van der Waals surface area contributed by atoms with Crippen LogP contribution in [-0.2, 0) is 17.8 Å². The molecule has 2 aromatic rings. The van der Waals surface area contributed by atoms with Crippen molar-refractivity contribution in [3.05, 3.63) is 51.7 Å². The zero-order valence-corrected chi connectivity index (χ0v) is 15.8. The van der Waals surface area contributed by atoms with Gasteiger partial charge >= 0.3 is 0 Å². The summed E-state index contributed by atoms with van der Waals surface area (Å²) in [6.45, 7) is 4.72. The predicted octanol–water partition coefficient (Wildman–Crippen LogP) is 3.39. The van der Waals surface area contributed by atoms with Gasteiger partial charge in [-0.2, -0.15) is 0 Å². The number of piperidine rings is 1. The van der Waals surface area contributed by atoms with Gasteiger partial charge in [0.25, 0.3) is 0 Å². The molecule has 1 N–H and O–H groups in total. The first-order valence-electron chi connectivity index (χ1n) is 8.84. The lowest BCUT2D eigenvalue weighted by Crippen LogP contribution is -2.45. The van der Waals surface area contributed by atoms with E-state index in [-0.39, 0.29) is 5.91 Å². The van der Waals surface area contributed by atoms with E-state index in [1.807, 2.05) is 40.5 Å². The van der Waals surface area contributed by atoms with Crippen molar-refractivity contribution in [3.8, 4) is 5.75 Å². The van der Waals surface area contributed by atoms with Gasteiger partial charge in [-0.15, -0.1) is 11.3 Å². The maximum absolute atomic E-state index is 12.6. The lowest BCUT2D eigenvalue weighted by atomic mass is 10.0. The van der Waals surface area contributed by atoms with Crippen LogP contribution in [0.1, 0.15) is 28.2 Å². The SMILES string of the molecule is COc1ccccc1CC(=O)N1CCC(NCc2ccc(C)s2)CC1. The van der Waals surface area contributed by atoms with Gasteiger partial charge in [-0.05, 0) is 38.0 Å². The molecule has 0 spiro atoms. The van der Waals surface area contributed by atoms with E-state index in [2.05, 4.69) is 24.4 Å². The van der Waals surface area contributed by atoms with Crippen LogP contribution in [0.25, 0.3) is 0 Å². The average molecular weight is 359 g/mol. The van der Waals surface area contributed by atoms with Crippen molar-refractivity contribution in [2.24, 2.45) is 0 Å². The number of thiophene rings is 1. The molecule has 0 atom stereocenters. The Hall–Kier alpha value is -1.85. The predicted molar refractivity (Wildman–Crippen MR) is 102 cm³/mol. The van der Waals surface area contributed by atoms with Crippen LogP contribution in [0.15, 0.2) is 36.4 Å². The van der Waals surface area contributed by atoms with Crippen molar-refractivity contribution < 1.29 is 9.53 Å². The molecule has 0 saturated carbocycles. The number of methoxy groups -OCH3 is 1. The number of carbonyl (C=O) groups excluding carboxylic acids is 1. The Labute approximate surface area is 153 Å². The third-order valence-electron chi connectivity index (χ3n) is 4.74. The van der Waals surface area contributed by atoms with Gasteiger partial charge in [-0.1, -0.05) is 18.2 Å². The molecule has 0 unspecified atom stereocenters. The van der Waals surface area contributed by atoms with Gasteiger partial charge in [0, 0.05) is 41.0 Å². The van der Waals surface area contributed by atoms with Gasteiger partial charge in [0.1, 0.15) is 5.75 Å². The van der Waals surface area contributed by atoms with Crippen LogP contribution in [-0.4, -0.2) is 37.0 Å². The number of likely N-dealkylation sites (tertiary alicyclic amines) is 1. The van der Waals surface area contributed by atoms with Gasteiger partial charge in [-0.3, -0.25) is 4.79 Å². The van der Waals surface area contributed by atoms with Crippen LogP contribution in [0.5, 0.6) is 5.75 Å². The molecule has 1 aliphatic heterocycles. The van der Waals surface area contributed by atoms with E-state index in [0.717, 1.165) is 43.8 Å². The number of para-hydroxylation sites is 1. The fourth-order valence-electron chi connectivity index (χ4n) is 3.28. The highest BCUT2D eigenvalue weighted by molar-refractivity contribution is 7.11. The first kappa shape index (κ1) is 18.0. The zero-order chi connectivity index (χ0) is 17.6. The molecule has 134 valence electrons. The van der Waals surface area contributed by atoms with Gasteiger partial charge in [0.15, 0.2) is 0 Å². The molecule has 1 saturated heterocycles. The number of nitrogens with zero attached hydrogens (tertiary/aromatic N) is 1. The van der Waals surface area contributed by atoms with E-state index < -0.39 is 0 Å². The number of hydrogen-bond acceptors (Lipinski definition) is 4. The topological polar surface area (TPSA) is 41.6 Å². The quantitative estimate of drug-likeness (QED) is 0.861. The Morgan fingerprint density at radius 1 is 1.24 bits per heavy atom. The smallest absolute Gasteiger partial charge is 0.227 e. The lowest BCUT2D eigenvalue weighted by Gasteiger charge is -2.32. The second-order valence-corrected chi connectivity index (χ2v) is 7.91. The molecule has 1 fully saturated rings. The number of ether oxygens (including phenoxy) is 1. The number of carbonyl (C=O) groups is 1. The molecular formula is C20H26N2O2S. The van der Waals surface area contributed by atoms with Crippen LogP contribution in [0.3, 0.4) is 0 Å². The molecular weight excluding hydrogens is 332 g/mol. The lowest BCUT2D eigenvalue weighted by molar-refractivity contribution is -0.131. The van der Waals surface area contributed by atoms with Crippen LogP contribution < -0.4 is 10.1 Å². The molecule has 1 amide bonds. The van der Waals surface area contributed by atoms with Gasteiger partial charge < -0.3 is 15.0 Å². The third-order valence-corrected chi connectivity index (χ3v) is 5.74. The van der Waals surface area contributed by atoms with Gasteiger partial charge in [-0.25, -0.2) is 0 Å². The molecule has 4 nitrogen and oxygen atoms in total. The van der Waals surface area contributed by atoms with E-state index in [1.54, 1.807) is 7.11 Å². The molecule has 5 heteroatoms. The fourth-order valence-corrected chi connectivity index (χ4v) is 4.12. The number of rotatable bonds is 6. The summed E-state index contributed by atoms with van der Waals surface area (Å²) in [6.07, 6.45) is 2.45. The highest BCUT2D eigenvalue weighted by Gasteiger charge is 2.23.